The third kappa shape index (κ3) is 4.49. The molecule has 28 heavy (non-hydrogen) atoms. The molecule has 0 bridgehead atoms. The number of fused-ring (bicyclic) bond motifs is 1. The minimum atomic E-state index is -0.0452. The molecule has 1 aliphatic rings. The van der Waals surface area contributed by atoms with Crippen molar-refractivity contribution in [1.82, 2.24) is 14.5 Å². The smallest absolute Gasteiger partial charge is 0.254 e. The second kappa shape index (κ2) is 8.40. The quantitative estimate of drug-likeness (QED) is 0.664. The zero-order valence-corrected chi connectivity index (χ0v) is 16.2. The Labute approximate surface area is 165 Å². The van der Waals surface area contributed by atoms with Crippen LogP contribution in [0, 0.1) is 0 Å². The van der Waals surface area contributed by atoms with E-state index in [-0.39, 0.29) is 5.56 Å². The van der Waals surface area contributed by atoms with E-state index in [0.29, 0.717) is 18.9 Å². The molecule has 144 valence electrons. The Hall–Kier alpha value is -2.92. The van der Waals surface area contributed by atoms with Crippen molar-refractivity contribution in [3.8, 4) is 5.75 Å². The van der Waals surface area contributed by atoms with Gasteiger partial charge in [-0.05, 0) is 54.8 Å². The van der Waals surface area contributed by atoms with Crippen molar-refractivity contribution in [2.45, 2.75) is 32.5 Å². The Morgan fingerprint density at radius 2 is 2.04 bits per heavy atom. The normalized spacial score (nSPS) is 13.9. The summed E-state index contributed by atoms with van der Waals surface area (Å²) in [6.45, 7) is 3.14. The van der Waals surface area contributed by atoms with E-state index in [1.54, 1.807) is 16.8 Å². The van der Waals surface area contributed by atoms with Gasteiger partial charge in [0.1, 0.15) is 12.4 Å². The van der Waals surface area contributed by atoms with E-state index >= 15 is 0 Å². The number of ether oxygens (including phenoxy) is 1. The molecule has 1 aliphatic heterocycles. The number of pyridine rings is 2. The van der Waals surface area contributed by atoms with Crippen LogP contribution in [-0.4, -0.2) is 28.0 Å². The molecule has 3 heterocycles. The Bertz CT molecular complexity index is 998. The number of hydrogen-bond donors (Lipinski definition) is 0. The lowest BCUT2D eigenvalue weighted by Crippen LogP contribution is -2.26. The average Bonchev–Trinajstić information content (AvgIpc) is 2.72. The lowest BCUT2D eigenvalue weighted by atomic mass is 9.97. The van der Waals surface area contributed by atoms with Crippen LogP contribution in [0.2, 0.25) is 0 Å². The molecule has 0 unspecified atom stereocenters. The van der Waals surface area contributed by atoms with E-state index in [2.05, 4.69) is 35.1 Å². The Morgan fingerprint density at radius 1 is 1.11 bits per heavy atom. The molecule has 5 heteroatoms. The van der Waals surface area contributed by atoms with Crippen LogP contribution in [0.1, 0.15) is 22.4 Å². The number of hydrogen-bond acceptors (Lipinski definition) is 4. The van der Waals surface area contributed by atoms with Gasteiger partial charge in [-0.3, -0.25) is 9.78 Å². The number of benzene rings is 1. The lowest BCUT2D eigenvalue weighted by molar-refractivity contribution is 0.300. The average molecular weight is 375 g/mol. The first-order valence-corrected chi connectivity index (χ1v) is 9.70. The van der Waals surface area contributed by atoms with E-state index in [1.165, 1.54) is 16.7 Å². The van der Waals surface area contributed by atoms with Crippen molar-refractivity contribution in [2.75, 3.05) is 13.6 Å². The highest BCUT2D eigenvalue weighted by atomic mass is 16.5. The summed E-state index contributed by atoms with van der Waals surface area (Å²) in [5.41, 5.74) is 4.93. The molecule has 0 atom stereocenters. The highest BCUT2D eigenvalue weighted by molar-refractivity contribution is 5.34. The summed E-state index contributed by atoms with van der Waals surface area (Å²) in [4.78, 5) is 19.0. The second-order valence-electron chi connectivity index (χ2n) is 7.34. The van der Waals surface area contributed by atoms with Gasteiger partial charge in [-0.1, -0.05) is 24.3 Å². The van der Waals surface area contributed by atoms with Crippen LogP contribution < -0.4 is 10.3 Å². The monoisotopic (exact) mass is 375 g/mol. The first-order chi connectivity index (χ1) is 13.7. The Balaban J connectivity index is 1.37. The standard InChI is InChI=1S/C23H25N3O2/c1-25-11-8-19-6-5-18(14-20(19)16-25)7-12-26-13-9-22(15-23(26)27)28-17-21-4-2-3-10-24-21/h2-6,9-10,13-15H,7-8,11-12,16-17H2,1H3. The SMILES string of the molecule is CN1CCc2ccc(CCn3ccc(OCc4ccccn4)cc3=O)cc2C1. The molecule has 2 aromatic heterocycles. The molecule has 3 aromatic rings. The number of aromatic nitrogens is 2. The third-order valence-corrected chi connectivity index (χ3v) is 5.20. The number of likely N-dealkylation sites (N-methyl/N-ethyl adjacent to an activating group) is 1. The molecule has 0 N–H and O–H groups in total. The molecular formula is C23H25N3O2. The van der Waals surface area contributed by atoms with Gasteiger partial charge in [-0.15, -0.1) is 0 Å². The van der Waals surface area contributed by atoms with E-state index in [4.69, 9.17) is 4.74 Å². The van der Waals surface area contributed by atoms with Crippen molar-refractivity contribution in [3.63, 3.8) is 0 Å². The fourth-order valence-electron chi connectivity index (χ4n) is 3.56. The summed E-state index contributed by atoms with van der Waals surface area (Å²) in [5, 5.41) is 0. The lowest BCUT2D eigenvalue weighted by Gasteiger charge is -2.25. The minimum absolute atomic E-state index is 0.0452. The van der Waals surface area contributed by atoms with Gasteiger partial charge in [0.2, 0.25) is 0 Å². The van der Waals surface area contributed by atoms with Crippen LogP contribution in [0.25, 0.3) is 0 Å². The van der Waals surface area contributed by atoms with E-state index in [1.807, 2.05) is 30.5 Å². The fraction of sp³-hybridized carbons (Fsp3) is 0.304. The maximum Gasteiger partial charge on any atom is 0.254 e. The first-order valence-electron chi connectivity index (χ1n) is 9.70. The van der Waals surface area contributed by atoms with E-state index in [0.717, 1.165) is 31.6 Å². The van der Waals surface area contributed by atoms with Gasteiger partial charge in [0.15, 0.2) is 0 Å². The molecule has 0 amide bonds. The zero-order valence-electron chi connectivity index (χ0n) is 16.2. The van der Waals surface area contributed by atoms with Gasteiger partial charge in [0, 0.05) is 38.1 Å². The summed E-state index contributed by atoms with van der Waals surface area (Å²) in [5.74, 6) is 0.573. The number of aryl methyl sites for hydroxylation is 2. The predicted octanol–water partition coefficient (Wildman–Crippen LogP) is 3.05. The van der Waals surface area contributed by atoms with Crippen molar-refractivity contribution >= 4 is 0 Å². The molecular weight excluding hydrogens is 350 g/mol. The van der Waals surface area contributed by atoms with Gasteiger partial charge in [-0.25, -0.2) is 0 Å². The maximum atomic E-state index is 12.4. The highest BCUT2D eigenvalue weighted by Gasteiger charge is 2.13. The molecule has 0 radical (unpaired) electrons. The topological polar surface area (TPSA) is 47.4 Å². The molecule has 5 nitrogen and oxygen atoms in total. The fourth-order valence-corrected chi connectivity index (χ4v) is 3.56. The van der Waals surface area contributed by atoms with Crippen molar-refractivity contribution < 1.29 is 4.74 Å². The molecule has 0 spiro atoms. The Kier molecular flexibility index (Phi) is 5.53. The van der Waals surface area contributed by atoms with Gasteiger partial charge >= 0.3 is 0 Å². The van der Waals surface area contributed by atoms with Crippen LogP contribution in [-0.2, 0) is 32.5 Å². The van der Waals surface area contributed by atoms with Gasteiger partial charge in [-0.2, -0.15) is 0 Å². The zero-order chi connectivity index (χ0) is 19.3. The molecule has 0 saturated carbocycles. The minimum Gasteiger partial charge on any atom is -0.487 e. The molecule has 4 rings (SSSR count). The summed E-state index contributed by atoms with van der Waals surface area (Å²) < 4.78 is 7.42. The summed E-state index contributed by atoms with van der Waals surface area (Å²) in [7, 11) is 2.16. The van der Waals surface area contributed by atoms with Gasteiger partial charge < -0.3 is 14.2 Å². The van der Waals surface area contributed by atoms with Crippen LogP contribution in [0.3, 0.4) is 0 Å². The van der Waals surface area contributed by atoms with Crippen molar-refractivity contribution in [1.29, 1.82) is 0 Å². The summed E-state index contributed by atoms with van der Waals surface area (Å²) >= 11 is 0. The van der Waals surface area contributed by atoms with Crippen LogP contribution in [0.15, 0.2) is 65.7 Å². The summed E-state index contributed by atoms with van der Waals surface area (Å²) in [6.07, 6.45) is 5.49. The highest BCUT2D eigenvalue weighted by Crippen LogP contribution is 2.20. The number of rotatable bonds is 6. The maximum absolute atomic E-state index is 12.4. The molecule has 0 fully saturated rings. The Morgan fingerprint density at radius 3 is 2.86 bits per heavy atom. The van der Waals surface area contributed by atoms with Gasteiger partial charge in [0.25, 0.3) is 5.56 Å². The van der Waals surface area contributed by atoms with E-state index in [9.17, 15) is 4.79 Å². The van der Waals surface area contributed by atoms with Crippen molar-refractivity contribution in [3.05, 3.63) is 93.7 Å². The molecule has 0 saturated heterocycles. The van der Waals surface area contributed by atoms with Crippen molar-refractivity contribution in [2.24, 2.45) is 0 Å². The first kappa shape index (κ1) is 18.4. The van der Waals surface area contributed by atoms with Crippen LogP contribution in [0.5, 0.6) is 5.75 Å². The summed E-state index contributed by atoms with van der Waals surface area (Å²) in [6, 6.07) is 15.8. The van der Waals surface area contributed by atoms with Crippen LogP contribution in [0.4, 0.5) is 0 Å². The number of nitrogens with zero attached hydrogens (tertiary/aromatic N) is 3. The second-order valence-corrected chi connectivity index (χ2v) is 7.34. The largest absolute Gasteiger partial charge is 0.487 e. The third-order valence-electron chi connectivity index (χ3n) is 5.20. The molecule has 0 aliphatic carbocycles. The van der Waals surface area contributed by atoms with Gasteiger partial charge in [0.05, 0.1) is 5.69 Å². The van der Waals surface area contributed by atoms with E-state index < -0.39 is 0 Å². The predicted molar refractivity (Wildman–Crippen MR) is 109 cm³/mol. The van der Waals surface area contributed by atoms with Crippen LogP contribution >= 0.6 is 0 Å². The molecule has 1 aromatic carbocycles.